The molecule has 0 saturated heterocycles. The van der Waals surface area contributed by atoms with Crippen LogP contribution in [0.2, 0.25) is 0 Å². The van der Waals surface area contributed by atoms with Crippen LogP contribution in [-0.4, -0.2) is 10.4 Å². The second kappa shape index (κ2) is 8.75. The fourth-order valence-electron chi connectivity index (χ4n) is 2.58. The van der Waals surface area contributed by atoms with E-state index in [4.69, 9.17) is 5.73 Å². The monoisotopic (exact) mass is 388 g/mol. The Morgan fingerprint density at radius 2 is 1.77 bits per heavy atom. The van der Waals surface area contributed by atoms with Gasteiger partial charge in [-0.15, -0.1) is 0 Å². The standard InChI is InChI=1S/C18H20F4N2OS/c1-2-3-12-6-9-16(10-14(12)11-23)26(25)24-17(18(20,21)22)13-4-7-15(19)8-5-13/h4-10,17,24H,2-3,11,23H2,1H3. The highest BCUT2D eigenvalue weighted by Crippen LogP contribution is 2.33. The van der Waals surface area contributed by atoms with E-state index in [1.165, 1.54) is 6.07 Å². The lowest BCUT2D eigenvalue weighted by molar-refractivity contribution is -0.152. The summed E-state index contributed by atoms with van der Waals surface area (Å²) in [6.45, 7) is 2.21. The number of aryl methyl sites for hydroxylation is 1. The summed E-state index contributed by atoms with van der Waals surface area (Å²) in [5.41, 5.74) is 7.22. The van der Waals surface area contributed by atoms with Crippen molar-refractivity contribution >= 4 is 11.0 Å². The van der Waals surface area contributed by atoms with Crippen LogP contribution in [0.1, 0.15) is 36.1 Å². The molecule has 3 N–H and O–H groups in total. The van der Waals surface area contributed by atoms with E-state index in [1.807, 2.05) is 6.92 Å². The summed E-state index contributed by atoms with van der Waals surface area (Å²) in [5.74, 6) is -0.644. The zero-order chi connectivity index (χ0) is 19.3. The van der Waals surface area contributed by atoms with Crippen molar-refractivity contribution in [2.24, 2.45) is 5.73 Å². The average Bonchev–Trinajstić information content (AvgIpc) is 2.60. The third-order valence-electron chi connectivity index (χ3n) is 3.89. The first kappa shape index (κ1) is 20.5. The molecule has 2 rings (SSSR count). The molecule has 8 heteroatoms. The summed E-state index contributed by atoms with van der Waals surface area (Å²) in [5, 5.41) is 0. The Bertz CT molecular complexity index is 763. The van der Waals surface area contributed by atoms with Gasteiger partial charge in [-0.1, -0.05) is 31.5 Å². The van der Waals surface area contributed by atoms with Gasteiger partial charge in [0.2, 0.25) is 0 Å². The van der Waals surface area contributed by atoms with Crippen molar-refractivity contribution in [3.8, 4) is 0 Å². The maximum Gasteiger partial charge on any atom is 0.408 e. The lowest BCUT2D eigenvalue weighted by Crippen LogP contribution is -2.35. The molecule has 0 radical (unpaired) electrons. The molecule has 0 bridgehead atoms. The first-order valence-electron chi connectivity index (χ1n) is 8.08. The van der Waals surface area contributed by atoms with Crippen LogP contribution < -0.4 is 10.5 Å². The van der Waals surface area contributed by atoms with E-state index < -0.39 is 29.0 Å². The summed E-state index contributed by atoms with van der Waals surface area (Å²) >= 11 is 0. The summed E-state index contributed by atoms with van der Waals surface area (Å²) in [6, 6.07) is 6.56. The molecule has 2 unspecified atom stereocenters. The Morgan fingerprint density at radius 3 is 2.31 bits per heavy atom. The molecule has 0 heterocycles. The fourth-order valence-corrected chi connectivity index (χ4v) is 3.64. The molecule has 142 valence electrons. The summed E-state index contributed by atoms with van der Waals surface area (Å²) < 4.78 is 67.7. The van der Waals surface area contributed by atoms with Gasteiger partial charge in [0.15, 0.2) is 0 Å². The van der Waals surface area contributed by atoms with Crippen LogP contribution in [0.4, 0.5) is 17.6 Å². The van der Waals surface area contributed by atoms with Crippen molar-refractivity contribution in [2.45, 2.75) is 43.4 Å². The second-order valence-electron chi connectivity index (χ2n) is 5.80. The van der Waals surface area contributed by atoms with Gasteiger partial charge in [-0.3, -0.25) is 0 Å². The number of nitrogens with two attached hydrogens (primary N) is 1. The molecular formula is C18H20F4N2OS. The van der Waals surface area contributed by atoms with E-state index in [2.05, 4.69) is 4.72 Å². The minimum atomic E-state index is -4.69. The van der Waals surface area contributed by atoms with Crippen molar-refractivity contribution in [1.82, 2.24) is 4.72 Å². The summed E-state index contributed by atoms with van der Waals surface area (Å²) in [7, 11) is -2.11. The number of rotatable bonds is 7. The molecule has 0 saturated carbocycles. The van der Waals surface area contributed by atoms with Crippen LogP contribution >= 0.6 is 0 Å². The molecule has 2 aromatic rings. The third kappa shape index (κ3) is 5.12. The Balaban J connectivity index is 2.28. The molecule has 2 atom stereocenters. The molecule has 0 spiro atoms. The second-order valence-corrected chi connectivity index (χ2v) is 7.04. The van der Waals surface area contributed by atoms with Gasteiger partial charge < -0.3 is 5.73 Å². The number of halogens is 4. The summed E-state index contributed by atoms with van der Waals surface area (Å²) in [6.07, 6.45) is -3.01. The molecule has 0 amide bonds. The number of nitrogens with one attached hydrogen (secondary N) is 1. The van der Waals surface area contributed by atoms with E-state index in [9.17, 15) is 21.8 Å². The van der Waals surface area contributed by atoms with Crippen LogP contribution in [0.15, 0.2) is 47.4 Å². The maximum absolute atomic E-state index is 13.4. The Kier molecular flexibility index (Phi) is 6.91. The quantitative estimate of drug-likeness (QED) is 0.700. The smallest absolute Gasteiger partial charge is 0.326 e. The molecular weight excluding hydrogens is 368 g/mol. The van der Waals surface area contributed by atoms with Gasteiger partial charge in [-0.05, 0) is 47.4 Å². The van der Waals surface area contributed by atoms with E-state index in [1.54, 1.807) is 12.1 Å². The number of benzene rings is 2. The van der Waals surface area contributed by atoms with E-state index in [0.717, 1.165) is 48.2 Å². The topological polar surface area (TPSA) is 55.1 Å². The number of hydrogen-bond acceptors (Lipinski definition) is 2. The molecule has 3 nitrogen and oxygen atoms in total. The van der Waals surface area contributed by atoms with E-state index in [0.29, 0.717) is 0 Å². The fraction of sp³-hybridized carbons (Fsp3) is 0.333. The van der Waals surface area contributed by atoms with Gasteiger partial charge >= 0.3 is 6.18 Å². The predicted molar refractivity (Wildman–Crippen MR) is 93.1 cm³/mol. The lowest BCUT2D eigenvalue weighted by Gasteiger charge is -2.22. The molecule has 0 aliphatic rings. The van der Waals surface area contributed by atoms with Crippen molar-refractivity contribution in [3.05, 3.63) is 65.0 Å². The highest BCUT2D eigenvalue weighted by atomic mass is 32.2. The average molecular weight is 388 g/mol. The predicted octanol–water partition coefficient (Wildman–Crippen LogP) is 4.15. The Hall–Kier alpha value is -1.77. The van der Waals surface area contributed by atoms with Gasteiger partial charge in [-0.25, -0.2) is 13.3 Å². The van der Waals surface area contributed by atoms with Gasteiger partial charge in [0.25, 0.3) is 0 Å². The third-order valence-corrected chi connectivity index (χ3v) is 5.02. The van der Waals surface area contributed by atoms with Gasteiger partial charge in [0, 0.05) is 6.54 Å². The molecule has 2 aromatic carbocycles. The largest absolute Gasteiger partial charge is 0.408 e. The van der Waals surface area contributed by atoms with Gasteiger partial charge in [-0.2, -0.15) is 13.2 Å². The van der Waals surface area contributed by atoms with Crippen molar-refractivity contribution < 1.29 is 21.8 Å². The Morgan fingerprint density at radius 1 is 1.12 bits per heavy atom. The lowest BCUT2D eigenvalue weighted by atomic mass is 10.0. The minimum Gasteiger partial charge on any atom is -0.326 e. The van der Waals surface area contributed by atoms with E-state index >= 15 is 0 Å². The van der Waals surface area contributed by atoms with Gasteiger partial charge in [0.05, 0.1) is 4.90 Å². The normalized spacial score (nSPS) is 14.2. The zero-order valence-electron chi connectivity index (χ0n) is 14.1. The molecule has 0 aromatic heterocycles. The Labute approximate surface area is 152 Å². The highest BCUT2D eigenvalue weighted by molar-refractivity contribution is 7.83. The molecule has 0 aliphatic carbocycles. The van der Waals surface area contributed by atoms with Crippen LogP contribution in [0, 0.1) is 5.82 Å². The minimum absolute atomic E-state index is 0.209. The highest BCUT2D eigenvalue weighted by Gasteiger charge is 2.42. The van der Waals surface area contributed by atoms with Crippen LogP contribution in [0.3, 0.4) is 0 Å². The molecule has 0 fully saturated rings. The van der Waals surface area contributed by atoms with E-state index in [-0.39, 0.29) is 17.0 Å². The van der Waals surface area contributed by atoms with Crippen molar-refractivity contribution in [2.75, 3.05) is 0 Å². The summed E-state index contributed by atoms with van der Waals surface area (Å²) in [4.78, 5) is 0.210. The van der Waals surface area contributed by atoms with Crippen molar-refractivity contribution in [3.63, 3.8) is 0 Å². The SMILES string of the molecule is CCCc1ccc(S(=O)NC(c2ccc(F)cc2)C(F)(F)F)cc1CN. The van der Waals surface area contributed by atoms with Crippen molar-refractivity contribution in [1.29, 1.82) is 0 Å². The first-order valence-corrected chi connectivity index (χ1v) is 9.23. The maximum atomic E-state index is 13.4. The molecule has 0 aliphatic heterocycles. The van der Waals surface area contributed by atoms with Gasteiger partial charge in [0.1, 0.15) is 22.8 Å². The van der Waals surface area contributed by atoms with Crippen LogP contribution in [-0.2, 0) is 24.0 Å². The first-order chi connectivity index (χ1) is 12.3. The molecule has 26 heavy (non-hydrogen) atoms. The van der Waals surface area contributed by atoms with Crippen LogP contribution in [0.25, 0.3) is 0 Å². The number of hydrogen-bond donors (Lipinski definition) is 2. The van der Waals surface area contributed by atoms with Crippen LogP contribution in [0.5, 0.6) is 0 Å². The zero-order valence-corrected chi connectivity index (χ0v) is 15.0. The number of alkyl halides is 3.